The van der Waals surface area contributed by atoms with Gasteiger partial charge in [-0.25, -0.2) is 4.79 Å². The van der Waals surface area contributed by atoms with Crippen LogP contribution in [0.3, 0.4) is 0 Å². The maximum absolute atomic E-state index is 13.5. The lowest BCUT2D eigenvalue weighted by molar-refractivity contribution is -0.367. The first-order valence-corrected chi connectivity index (χ1v) is 30.1. The summed E-state index contributed by atoms with van der Waals surface area (Å²) in [5, 5.41) is 144. The van der Waals surface area contributed by atoms with Gasteiger partial charge >= 0.3 is 5.97 Å². The van der Waals surface area contributed by atoms with Gasteiger partial charge in [0.25, 0.3) is 11.8 Å². The van der Waals surface area contributed by atoms with Crippen molar-refractivity contribution in [2.24, 2.45) is 0 Å². The number of aliphatic hydroxyl groups is 13. The van der Waals surface area contributed by atoms with E-state index in [0.29, 0.717) is 16.9 Å². The van der Waals surface area contributed by atoms with Crippen molar-refractivity contribution in [2.45, 2.75) is 163 Å². The first-order chi connectivity index (χ1) is 45.0. The number of carbonyl (C=O) groups is 5. The molecule has 0 aromatic heterocycles. The van der Waals surface area contributed by atoms with Crippen LogP contribution in [0.2, 0.25) is 0 Å². The van der Waals surface area contributed by atoms with Gasteiger partial charge in [0.15, 0.2) is 44.6 Å². The second kappa shape index (κ2) is 38.5. The Morgan fingerprint density at radius 1 is 0.596 bits per heavy atom. The van der Waals surface area contributed by atoms with Crippen molar-refractivity contribution in [1.82, 2.24) is 21.3 Å². The minimum Gasteiger partial charge on any atom is -0.484 e. The van der Waals surface area contributed by atoms with E-state index < -0.39 is 192 Å². The molecule has 0 spiro atoms. The van der Waals surface area contributed by atoms with E-state index in [0.717, 1.165) is 12.5 Å². The maximum atomic E-state index is 13.5. The highest BCUT2D eigenvalue weighted by atomic mass is 16.8. The molecule has 20 atom stereocenters. The summed E-state index contributed by atoms with van der Waals surface area (Å²) in [7, 11) is 0. The predicted octanol–water partition coefficient (Wildman–Crippen LogP) is -6.02. The van der Waals surface area contributed by atoms with E-state index in [1.165, 1.54) is 19.9 Å². The summed E-state index contributed by atoms with van der Waals surface area (Å²) < 4.78 is 67.8. The SMILES string of the molecule is CC(=O)NC1C(OCCCNC(=O)COc2ccc(-c3cc(OCC(=O)NCCCOC(OC(CO)[C@H](C)OC4OC(CO)C(O)C(OC5OC(CO)C(O)C(O)C5O)C4O)[C@H](O)NC(C)=O)cc(C(=O)OCc4ccccc4)c3)cc2)OC(CO)C(O[C@H](O)CO)C1O. The number of hydrogen-bond acceptors (Lipinski definition) is 30. The highest BCUT2D eigenvalue weighted by Crippen LogP contribution is 2.33. The van der Waals surface area contributed by atoms with Crippen LogP contribution in [0.1, 0.15) is 49.5 Å². The zero-order valence-electron chi connectivity index (χ0n) is 51.6. The lowest BCUT2D eigenvalue weighted by atomic mass is 9.96. The van der Waals surface area contributed by atoms with Crippen LogP contribution in [0.4, 0.5) is 0 Å². The van der Waals surface area contributed by atoms with Crippen molar-refractivity contribution in [2.75, 3.05) is 72.6 Å². The Morgan fingerprint density at radius 2 is 1.21 bits per heavy atom. The first-order valence-electron chi connectivity index (χ1n) is 30.1. The third kappa shape index (κ3) is 22.7. The summed E-state index contributed by atoms with van der Waals surface area (Å²) >= 11 is 0. The van der Waals surface area contributed by atoms with Crippen LogP contribution in [0.25, 0.3) is 11.1 Å². The number of ether oxygens (including phenoxy) is 12. The largest absolute Gasteiger partial charge is 0.484 e. The fraction of sp³-hybridized carbons (Fsp3) is 0.617. The van der Waals surface area contributed by atoms with E-state index in [2.05, 4.69) is 21.3 Å². The van der Waals surface area contributed by atoms with Crippen LogP contribution in [-0.4, -0.2) is 292 Å². The minimum absolute atomic E-state index is 0.0329. The zero-order chi connectivity index (χ0) is 68.6. The lowest BCUT2D eigenvalue weighted by Crippen LogP contribution is -2.65. The molecule has 3 aliphatic heterocycles. The standard InChI is InChI=1S/C60H86N4O30/c1-30(88-59-52(80)54(48(76)41(24-67)91-59)94-58-51(79)50(78)47(75)40(23-66)90-58)39(22-65)89-60(55(81)64-32(3)71)84-18-8-16-62-44(73)29-86-38-20-35(19-36(21-38)56(82)87-27-33-9-5-4-6-10-33)34-11-13-37(14-12-34)85-28-43(72)61-15-7-17-83-57-46(63-31(2)70)49(77)53(42(25-68)92-57)93-45(74)26-69/h4-6,9-14,19-21,30,39-42,45-55,57-60,65-69,74-81H,7-8,15-18,22-29H2,1-3H3,(H,61,72)(H,62,73)(H,63,70)(H,64,71)/t30-,39?,40?,41?,42?,45-,46?,47?,48?,49?,50?,51?,52?,53?,54?,55-,57?,58?,59?,60?/m0/s1. The maximum Gasteiger partial charge on any atom is 0.338 e. The predicted molar refractivity (Wildman–Crippen MR) is 315 cm³/mol. The molecule has 3 saturated heterocycles. The molecule has 3 fully saturated rings. The summed E-state index contributed by atoms with van der Waals surface area (Å²) in [6.45, 7) is -1.47. The molecule has 0 radical (unpaired) electrons. The second-order valence-corrected chi connectivity index (χ2v) is 22.0. The minimum atomic E-state index is -1.94. The summed E-state index contributed by atoms with van der Waals surface area (Å²) in [5.74, 6) is -2.63. The smallest absolute Gasteiger partial charge is 0.338 e. The van der Waals surface area contributed by atoms with E-state index in [4.69, 9.17) is 56.8 Å². The molecule has 3 aliphatic rings. The average molecular weight is 1340 g/mol. The monoisotopic (exact) mass is 1340 g/mol. The Balaban J connectivity index is 0.995. The molecular weight excluding hydrogens is 1260 g/mol. The summed E-state index contributed by atoms with van der Waals surface area (Å²) in [6.07, 6.45) is -30.5. The topological polar surface area (TPSA) is 507 Å². The summed E-state index contributed by atoms with van der Waals surface area (Å²) in [5.41, 5.74) is 1.85. The van der Waals surface area contributed by atoms with Crippen LogP contribution in [0, 0.1) is 0 Å². The van der Waals surface area contributed by atoms with Crippen LogP contribution < -0.4 is 30.7 Å². The van der Waals surface area contributed by atoms with E-state index in [-0.39, 0.29) is 63.7 Å². The van der Waals surface area contributed by atoms with Gasteiger partial charge in [-0.05, 0) is 66.8 Å². The lowest BCUT2D eigenvalue weighted by Gasteiger charge is -2.46. The normalized spacial score (nSPS) is 27.8. The molecule has 0 bridgehead atoms. The number of rotatable bonds is 37. The molecular formula is C60H86N4O30. The Kier molecular flexibility index (Phi) is 31.4. The number of aliphatic hydroxyl groups excluding tert-OH is 13. The van der Waals surface area contributed by atoms with Gasteiger partial charge in [0.1, 0.15) is 97.4 Å². The molecule has 3 aromatic rings. The molecule has 0 aliphatic carbocycles. The van der Waals surface area contributed by atoms with Crippen LogP contribution in [0.5, 0.6) is 11.5 Å². The van der Waals surface area contributed by atoms with Gasteiger partial charge in [-0.1, -0.05) is 42.5 Å². The quantitative estimate of drug-likeness (QED) is 0.0145. The Hall–Kier alpha value is -6.27. The fourth-order valence-electron chi connectivity index (χ4n) is 9.82. The molecule has 3 heterocycles. The molecule has 4 amide bonds. The second-order valence-electron chi connectivity index (χ2n) is 22.0. The number of nitrogens with one attached hydrogen (secondary N) is 4. The van der Waals surface area contributed by atoms with Crippen molar-refractivity contribution < 1.29 is 147 Å². The van der Waals surface area contributed by atoms with Gasteiger partial charge in [0.05, 0.1) is 57.9 Å². The fourth-order valence-corrected chi connectivity index (χ4v) is 9.82. The molecule has 526 valence electrons. The molecule has 0 saturated carbocycles. The van der Waals surface area contributed by atoms with Gasteiger partial charge in [0.2, 0.25) is 18.1 Å². The molecule has 34 heteroatoms. The molecule has 94 heavy (non-hydrogen) atoms. The molecule has 3 aromatic carbocycles. The van der Waals surface area contributed by atoms with Gasteiger partial charge in [-0.2, -0.15) is 0 Å². The Morgan fingerprint density at radius 3 is 1.83 bits per heavy atom. The van der Waals surface area contributed by atoms with Gasteiger partial charge in [-0.15, -0.1) is 0 Å². The highest BCUT2D eigenvalue weighted by Gasteiger charge is 2.52. The van der Waals surface area contributed by atoms with Gasteiger partial charge in [0, 0.05) is 26.9 Å². The van der Waals surface area contributed by atoms with E-state index >= 15 is 0 Å². The zero-order valence-corrected chi connectivity index (χ0v) is 51.6. The molecule has 6 rings (SSSR count). The molecule has 34 nitrogen and oxygen atoms in total. The average Bonchev–Trinajstić information content (AvgIpc) is 0.804. The first kappa shape index (κ1) is 76.7. The van der Waals surface area contributed by atoms with E-state index in [1.807, 2.05) is 6.07 Å². The van der Waals surface area contributed by atoms with Gasteiger partial charge in [-0.3, -0.25) is 19.2 Å². The van der Waals surface area contributed by atoms with Crippen molar-refractivity contribution in [1.29, 1.82) is 0 Å². The summed E-state index contributed by atoms with van der Waals surface area (Å²) in [6, 6.07) is 18.8. The van der Waals surface area contributed by atoms with Gasteiger partial charge < -0.3 is 144 Å². The molecule has 17 N–H and O–H groups in total. The Labute approximate surface area is 539 Å². The number of amides is 4. The third-order valence-corrected chi connectivity index (χ3v) is 14.8. The number of benzene rings is 3. The molecule has 17 unspecified atom stereocenters. The van der Waals surface area contributed by atoms with E-state index in [9.17, 15) is 90.4 Å². The van der Waals surface area contributed by atoms with E-state index in [1.54, 1.807) is 60.7 Å². The third-order valence-electron chi connectivity index (χ3n) is 14.8. The van der Waals surface area contributed by atoms with Crippen LogP contribution >= 0.6 is 0 Å². The number of carbonyl (C=O) groups excluding carboxylic acids is 5. The number of esters is 1. The Bertz CT molecular complexity index is 2800. The van der Waals surface area contributed by atoms with Crippen molar-refractivity contribution in [3.05, 3.63) is 83.9 Å². The summed E-state index contributed by atoms with van der Waals surface area (Å²) in [4.78, 5) is 63.3. The van der Waals surface area contributed by atoms with Crippen LogP contribution in [0.15, 0.2) is 72.8 Å². The number of hydrogen-bond donors (Lipinski definition) is 17. The van der Waals surface area contributed by atoms with Crippen molar-refractivity contribution >= 4 is 29.6 Å². The highest BCUT2D eigenvalue weighted by molar-refractivity contribution is 5.92. The van der Waals surface area contributed by atoms with Crippen molar-refractivity contribution in [3.63, 3.8) is 0 Å². The van der Waals surface area contributed by atoms with Crippen LogP contribution in [-0.2, 0) is 73.2 Å². The van der Waals surface area contributed by atoms with Crippen molar-refractivity contribution in [3.8, 4) is 22.6 Å².